The van der Waals surface area contributed by atoms with Gasteiger partial charge in [0.2, 0.25) is 0 Å². The lowest BCUT2D eigenvalue weighted by Gasteiger charge is -2.50. The number of hydrogen-bond acceptors (Lipinski definition) is 3. The molecule has 1 aromatic rings. The number of methoxy groups -OCH3 is 1. The Kier molecular flexibility index (Phi) is 4.22. The second-order valence-electron chi connectivity index (χ2n) is 5.92. The number of halogens is 1. The van der Waals surface area contributed by atoms with Crippen molar-refractivity contribution in [3.05, 3.63) is 22.7 Å². The monoisotopic (exact) mass is 338 g/mol. The van der Waals surface area contributed by atoms with E-state index in [1.54, 1.807) is 7.11 Å². The van der Waals surface area contributed by atoms with Crippen molar-refractivity contribution < 1.29 is 4.74 Å². The van der Waals surface area contributed by atoms with Crippen molar-refractivity contribution in [2.75, 3.05) is 19.1 Å². The molecule has 0 aliphatic carbocycles. The molecule has 2 atom stereocenters. The Morgan fingerprint density at radius 3 is 2.50 bits per heavy atom. The van der Waals surface area contributed by atoms with Gasteiger partial charge in [-0.15, -0.1) is 0 Å². The van der Waals surface area contributed by atoms with Gasteiger partial charge in [0.25, 0.3) is 0 Å². The van der Waals surface area contributed by atoms with Gasteiger partial charge in [-0.25, -0.2) is 0 Å². The molecule has 0 amide bonds. The molecule has 4 heteroatoms. The quantitative estimate of drug-likeness (QED) is 0.911. The molecule has 2 aliphatic rings. The summed E-state index contributed by atoms with van der Waals surface area (Å²) in [6, 6.07) is 8.53. The van der Waals surface area contributed by atoms with Crippen LogP contribution in [0.15, 0.2) is 22.7 Å². The predicted molar refractivity (Wildman–Crippen MR) is 86.7 cm³/mol. The number of nitrogens with zero attached hydrogens (tertiary/aromatic N) is 1. The molecule has 2 saturated heterocycles. The second kappa shape index (κ2) is 5.94. The zero-order valence-corrected chi connectivity index (χ0v) is 13.8. The summed E-state index contributed by atoms with van der Waals surface area (Å²) < 4.78 is 6.39. The first-order chi connectivity index (χ1) is 9.72. The Morgan fingerprint density at radius 1 is 1.25 bits per heavy atom. The third-order valence-corrected chi connectivity index (χ3v) is 5.44. The van der Waals surface area contributed by atoms with Crippen molar-refractivity contribution in [2.24, 2.45) is 0 Å². The maximum absolute atomic E-state index is 5.34. The maximum atomic E-state index is 5.34. The molecule has 2 heterocycles. The van der Waals surface area contributed by atoms with E-state index in [2.05, 4.69) is 51.4 Å². The summed E-state index contributed by atoms with van der Waals surface area (Å²) in [5, 5.41) is 3.48. The number of piperidine rings is 2. The SMILES string of the molecule is CNC1CC2CCCC(C1)N2c1ccc(OC)c(Br)c1. The minimum atomic E-state index is 0.681. The van der Waals surface area contributed by atoms with Crippen LogP contribution in [0.1, 0.15) is 32.1 Å². The summed E-state index contributed by atoms with van der Waals surface area (Å²) in [5.41, 5.74) is 1.34. The summed E-state index contributed by atoms with van der Waals surface area (Å²) in [6.07, 6.45) is 6.53. The van der Waals surface area contributed by atoms with Gasteiger partial charge >= 0.3 is 0 Å². The third kappa shape index (κ3) is 2.56. The molecule has 2 aliphatic heterocycles. The zero-order valence-electron chi connectivity index (χ0n) is 12.2. The normalized spacial score (nSPS) is 29.4. The average Bonchev–Trinajstić information content (AvgIpc) is 2.45. The largest absolute Gasteiger partial charge is 0.496 e. The minimum absolute atomic E-state index is 0.681. The van der Waals surface area contributed by atoms with E-state index in [9.17, 15) is 0 Å². The smallest absolute Gasteiger partial charge is 0.133 e. The van der Waals surface area contributed by atoms with E-state index < -0.39 is 0 Å². The van der Waals surface area contributed by atoms with E-state index in [4.69, 9.17) is 4.74 Å². The third-order valence-electron chi connectivity index (χ3n) is 4.82. The number of rotatable bonds is 3. The van der Waals surface area contributed by atoms with Crippen molar-refractivity contribution in [2.45, 2.75) is 50.2 Å². The van der Waals surface area contributed by atoms with Crippen molar-refractivity contribution in [3.8, 4) is 5.75 Å². The standard InChI is InChI=1S/C16H23BrN2O/c1-18-11-8-12-4-3-5-13(9-11)19(12)14-6-7-16(20-2)15(17)10-14/h6-7,10-13,18H,3-5,8-9H2,1-2H3. The molecule has 0 spiro atoms. The number of anilines is 1. The minimum Gasteiger partial charge on any atom is -0.496 e. The zero-order chi connectivity index (χ0) is 14.1. The Labute approximate surface area is 129 Å². The summed E-state index contributed by atoms with van der Waals surface area (Å²) in [7, 11) is 3.81. The highest BCUT2D eigenvalue weighted by Gasteiger charge is 2.37. The fourth-order valence-corrected chi connectivity index (χ4v) is 4.38. The first-order valence-electron chi connectivity index (χ1n) is 7.52. The van der Waals surface area contributed by atoms with Gasteiger partial charge in [0.15, 0.2) is 0 Å². The average molecular weight is 339 g/mol. The molecular formula is C16H23BrN2O. The lowest BCUT2D eigenvalue weighted by Crippen LogP contribution is -2.56. The number of benzene rings is 1. The fourth-order valence-electron chi connectivity index (χ4n) is 3.85. The Morgan fingerprint density at radius 2 is 1.95 bits per heavy atom. The van der Waals surface area contributed by atoms with Crippen LogP contribution in [0.2, 0.25) is 0 Å². The number of hydrogen-bond donors (Lipinski definition) is 1. The molecule has 0 radical (unpaired) electrons. The van der Waals surface area contributed by atoms with Gasteiger partial charge in [-0.3, -0.25) is 0 Å². The highest BCUT2D eigenvalue weighted by Crippen LogP contribution is 2.39. The molecule has 2 unspecified atom stereocenters. The van der Waals surface area contributed by atoms with Crippen LogP contribution in [0.4, 0.5) is 5.69 Å². The van der Waals surface area contributed by atoms with Gasteiger partial charge in [-0.1, -0.05) is 0 Å². The first-order valence-corrected chi connectivity index (χ1v) is 8.31. The number of fused-ring (bicyclic) bond motifs is 2. The van der Waals surface area contributed by atoms with E-state index in [0.717, 1.165) is 10.2 Å². The van der Waals surface area contributed by atoms with Crippen molar-refractivity contribution in [3.63, 3.8) is 0 Å². The molecule has 3 nitrogen and oxygen atoms in total. The molecule has 1 N–H and O–H groups in total. The van der Waals surface area contributed by atoms with Crippen LogP contribution in [-0.2, 0) is 0 Å². The van der Waals surface area contributed by atoms with Crippen LogP contribution in [0.3, 0.4) is 0 Å². The second-order valence-corrected chi connectivity index (χ2v) is 6.78. The van der Waals surface area contributed by atoms with Crippen LogP contribution >= 0.6 is 15.9 Å². The van der Waals surface area contributed by atoms with E-state index in [1.807, 2.05) is 0 Å². The van der Waals surface area contributed by atoms with Gasteiger partial charge in [0, 0.05) is 23.8 Å². The van der Waals surface area contributed by atoms with Gasteiger partial charge in [0.1, 0.15) is 5.75 Å². The Bertz CT molecular complexity index is 466. The Balaban J connectivity index is 1.87. The van der Waals surface area contributed by atoms with Crippen LogP contribution in [0.25, 0.3) is 0 Å². The highest BCUT2D eigenvalue weighted by atomic mass is 79.9. The lowest BCUT2D eigenvalue weighted by molar-refractivity contribution is 0.252. The summed E-state index contributed by atoms with van der Waals surface area (Å²) in [5.74, 6) is 0.907. The van der Waals surface area contributed by atoms with Crippen molar-refractivity contribution >= 4 is 21.6 Å². The molecule has 2 fully saturated rings. The molecule has 0 aromatic heterocycles. The van der Waals surface area contributed by atoms with Gasteiger partial charge in [-0.05, 0) is 73.3 Å². The van der Waals surface area contributed by atoms with E-state index in [0.29, 0.717) is 18.1 Å². The lowest BCUT2D eigenvalue weighted by atomic mass is 9.81. The molecular weight excluding hydrogens is 316 g/mol. The number of nitrogens with one attached hydrogen (secondary N) is 1. The fraction of sp³-hybridized carbons (Fsp3) is 0.625. The maximum Gasteiger partial charge on any atom is 0.133 e. The molecule has 2 bridgehead atoms. The van der Waals surface area contributed by atoms with Gasteiger partial charge in [-0.2, -0.15) is 0 Å². The van der Waals surface area contributed by atoms with E-state index in [1.165, 1.54) is 37.8 Å². The molecule has 20 heavy (non-hydrogen) atoms. The topological polar surface area (TPSA) is 24.5 Å². The summed E-state index contributed by atoms with van der Waals surface area (Å²) in [6.45, 7) is 0. The molecule has 1 aromatic carbocycles. The van der Waals surface area contributed by atoms with E-state index in [-0.39, 0.29) is 0 Å². The van der Waals surface area contributed by atoms with Gasteiger partial charge < -0.3 is 15.0 Å². The highest BCUT2D eigenvalue weighted by molar-refractivity contribution is 9.10. The number of ether oxygens (including phenoxy) is 1. The summed E-state index contributed by atoms with van der Waals surface area (Å²) >= 11 is 3.62. The van der Waals surface area contributed by atoms with Crippen LogP contribution in [-0.4, -0.2) is 32.3 Å². The van der Waals surface area contributed by atoms with Crippen LogP contribution < -0.4 is 15.0 Å². The van der Waals surface area contributed by atoms with E-state index >= 15 is 0 Å². The molecule has 3 rings (SSSR count). The Hall–Kier alpha value is -0.740. The molecule has 0 saturated carbocycles. The van der Waals surface area contributed by atoms with Crippen LogP contribution in [0, 0.1) is 0 Å². The summed E-state index contributed by atoms with van der Waals surface area (Å²) in [4.78, 5) is 2.65. The van der Waals surface area contributed by atoms with Crippen LogP contribution in [0.5, 0.6) is 5.75 Å². The molecule has 110 valence electrons. The van der Waals surface area contributed by atoms with Crippen molar-refractivity contribution in [1.29, 1.82) is 0 Å². The van der Waals surface area contributed by atoms with Gasteiger partial charge in [0.05, 0.1) is 11.6 Å². The predicted octanol–water partition coefficient (Wildman–Crippen LogP) is 3.57. The van der Waals surface area contributed by atoms with Crippen molar-refractivity contribution in [1.82, 2.24) is 5.32 Å². The first kappa shape index (κ1) is 14.2.